The molecule has 8 heteroatoms. The fourth-order valence-electron chi connectivity index (χ4n) is 2.43. The van der Waals surface area contributed by atoms with Crippen molar-refractivity contribution in [2.24, 2.45) is 0 Å². The fourth-order valence-corrected chi connectivity index (χ4v) is 3.42. The molecule has 0 unspecified atom stereocenters. The first-order valence-corrected chi connectivity index (χ1v) is 8.84. The van der Waals surface area contributed by atoms with Crippen LogP contribution in [0.3, 0.4) is 0 Å². The second-order valence-electron chi connectivity index (χ2n) is 5.13. The zero-order valence-electron chi connectivity index (χ0n) is 11.6. The maximum atomic E-state index is 11.6. The van der Waals surface area contributed by atoms with Gasteiger partial charge in [0.05, 0.1) is 6.61 Å². The SMILES string of the molecule is CC(C)n1c(-c2ccc3c(c2)CCO3)nnc1S(=O)(=O)Cl. The van der Waals surface area contributed by atoms with Crippen LogP contribution in [0.1, 0.15) is 25.5 Å². The van der Waals surface area contributed by atoms with Crippen LogP contribution in [0.25, 0.3) is 11.4 Å². The molecule has 0 fully saturated rings. The highest BCUT2D eigenvalue weighted by Crippen LogP contribution is 2.32. The van der Waals surface area contributed by atoms with Crippen LogP contribution in [0.15, 0.2) is 23.4 Å². The average Bonchev–Trinajstić information content (AvgIpc) is 3.03. The predicted octanol–water partition coefficient (Wildman–Crippen LogP) is 2.39. The van der Waals surface area contributed by atoms with Crippen molar-refractivity contribution in [3.05, 3.63) is 23.8 Å². The molecule has 21 heavy (non-hydrogen) atoms. The van der Waals surface area contributed by atoms with E-state index in [-0.39, 0.29) is 11.2 Å². The van der Waals surface area contributed by atoms with Crippen LogP contribution < -0.4 is 4.74 Å². The first-order valence-electron chi connectivity index (χ1n) is 6.53. The number of nitrogens with zero attached hydrogens (tertiary/aromatic N) is 3. The van der Waals surface area contributed by atoms with Crippen molar-refractivity contribution in [1.82, 2.24) is 14.8 Å². The number of hydrogen-bond acceptors (Lipinski definition) is 5. The number of benzene rings is 1. The topological polar surface area (TPSA) is 74.1 Å². The van der Waals surface area contributed by atoms with Crippen LogP contribution in [-0.2, 0) is 15.5 Å². The minimum Gasteiger partial charge on any atom is -0.493 e. The summed E-state index contributed by atoms with van der Waals surface area (Å²) in [7, 11) is 1.49. The molecule has 112 valence electrons. The molecule has 0 saturated carbocycles. The Morgan fingerprint density at radius 2 is 2.10 bits per heavy atom. The molecule has 3 rings (SSSR count). The van der Waals surface area contributed by atoms with Crippen LogP contribution in [0.5, 0.6) is 5.75 Å². The van der Waals surface area contributed by atoms with Gasteiger partial charge in [-0.05, 0) is 37.6 Å². The lowest BCUT2D eigenvalue weighted by Crippen LogP contribution is -2.10. The minimum atomic E-state index is -3.94. The molecular weight excluding hydrogens is 314 g/mol. The van der Waals surface area contributed by atoms with Crippen molar-refractivity contribution < 1.29 is 13.2 Å². The normalized spacial score (nSPS) is 14.3. The first-order chi connectivity index (χ1) is 9.88. The van der Waals surface area contributed by atoms with Crippen LogP contribution in [0, 0.1) is 0 Å². The number of rotatable bonds is 3. The molecule has 0 radical (unpaired) electrons. The third-order valence-corrected chi connectivity index (χ3v) is 4.48. The summed E-state index contributed by atoms with van der Waals surface area (Å²) < 4.78 is 30.2. The Hall–Kier alpha value is -1.60. The van der Waals surface area contributed by atoms with Crippen LogP contribution in [-0.4, -0.2) is 29.8 Å². The van der Waals surface area contributed by atoms with E-state index in [0.29, 0.717) is 12.4 Å². The standard InChI is InChI=1S/C13H14ClN3O3S/c1-8(2)17-12(15-16-13(17)21(14,18)19)10-3-4-11-9(7-10)5-6-20-11/h3-4,7-8H,5-6H2,1-2H3. The van der Waals surface area contributed by atoms with E-state index in [4.69, 9.17) is 15.4 Å². The summed E-state index contributed by atoms with van der Waals surface area (Å²) in [6, 6.07) is 5.53. The lowest BCUT2D eigenvalue weighted by atomic mass is 10.1. The number of halogens is 1. The van der Waals surface area contributed by atoms with E-state index in [2.05, 4.69) is 10.2 Å². The Morgan fingerprint density at radius 3 is 2.76 bits per heavy atom. The number of ether oxygens (including phenoxy) is 1. The summed E-state index contributed by atoms with van der Waals surface area (Å²) in [4.78, 5) is 0. The molecule has 0 bridgehead atoms. The van der Waals surface area contributed by atoms with Crippen LogP contribution >= 0.6 is 10.7 Å². The molecule has 6 nitrogen and oxygen atoms in total. The Labute approximate surface area is 127 Å². The molecule has 2 aromatic rings. The van der Waals surface area contributed by atoms with E-state index < -0.39 is 9.05 Å². The van der Waals surface area contributed by atoms with Gasteiger partial charge in [0.15, 0.2) is 5.82 Å². The summed E-state index contributed by atoms with van der Waals surface area (Å²) in [6.45, 7) is 4.38. The van der Waals surface area contributed by atoms with Crippen molar-refractivity contribution in [1.29, 1.82) is 0 Å². The molecule has 2 heterocycles. The summed E-state index contributed by atoms with van der Waals surface area (Å²) >= 11 is 0. The van der Waals surface area contributed by atoms with Gasteiger partial charge in [0, 0.05) is 28.7 Å². The Morgan fingerprint density at radius 1 is 1.33 bits per heavy atom. The molecular formula is C13H14ClN3O3S. The Balaban J connectivity index is 2.17. The molecule has 0 amide bonds. The fraction of sp³-hybridized carbons (Fsp3) is 0.385. The molecule has 1 aliphatic rings. The Bertz CT molecular complexity index is 799. The highest BCUT2D eigenvalue weighted by molar-refractivity contribution is 8.13. The molecule has 0 spiro atoms. The molecule has 1 aromatic heterocycles. The van der Waals surface area contributed by atoms with Gasteiger partial charge < -0.3 is 4.74 Å². The van der Waals surface area contributed by atoms with Gasteiger partial charge in [-0.1, -0.05) is 0 Å². The van der Waals surface area contributed by atoms with E-state index in [1.807, 2.05) is 32.0 Å². The maximum absolute atomic E-state index is 11.6. The van der Waals surface area contributed by atoms with Crippen molar-refractivity contribution in [3.8, 4) is 17.1 Å². The van der Waals surface area contributed by atoms with Crippen molar-refractivity contribution in [2.75, 3.05) is 6.61 Å². The molecule has 1 aromatic carbocycles. The molecule has 0 atom stereocenters. The number of aromatic nitrogens is 3. The molecule has 0 aliphatic carbocycles. The van der Waals surface area contributed by atoms with Crippen LogP contribution in [0.2, 0.25) is 0 Å². The van der Waals surface area contributed by atoms with Gasteiger partial charge in [0.25, 0.3) is 14.2 Å². The van der Waals surface area contributed by atoms with Gasteiger partial charge in [-0.3, -0.25) is 4.57 Å². The minimum absolute atomic E-state index is 0.136. The van der Waals surface area contributed by atoms with Gasteiger partial charge in [0.2, 0.25) is 0 Å². The zero-order chi connectivity index (χ0) is 15.2. The van der Waals surface area contributed by atoms with Gasteiger partial charge in [-0.2, -0.15) is 0 Å². The maximum Gasteiger partial charge on any atom is 0.296 e. The third-order valence-electron chi connectivity index (χ3n) is 3.35. The van der Waals surface area contributed by atoms with E-state index >= 15 is 0 Å². The summed E-state index contributed by atoms with van der Waals surface area (Å²) in [5.41, 5.74) is 1.88. The quantitative estimate of drug-likeness (QED) is 0.809. The summed E-state index contributed by atoms with van der Waals surface area (Å²) in [5.74, 6) is 1.35. The van der Waals surface area contributed by atoms with Crippen molar-refractivity contribution in [2.45, 2.75) is 31.5 Å². The largest absolute Gasteiger partial charge is 0.493 e. The Kier molecular flexibility index (Phi) is 3.41. The monoisotopic (exact) mass is 327 g/mol. The highest BCUT2D eigenvalue weighted by atomic mass is 35.7. The number of fused-ring (bicyclic) bond motifs is 1. The zero-order valence-corrected chi connectivity index (χ0v) is 13.1. The summed E-state index contributed by atoms with van der Waals surface area (Å²) in [5, 5.41) is 7.52. The van der Waals surface area contributed by atoms with E-state index in [0.717, 1.165) is 23.3 Å². The number of hydrogen-bond donors (Lipinski definition) is 0. The third kappa shape index (κ3) is 2.51. The first kappa shape index (κ1) is 14.3. The van der Waals surface area contributed by atoms with Gasteiger partial charge in [-0.25, -0.2) is 8.42 Å². The van der Waals surface area contributed by atoms with Gasteiger partial charge in [0.1, 0.15) is 5.75 Å². The lowest BCUT2D eigenvalue weighted by Gasteiger charge is -2.13. The van der Waals surface area contributed by atoms with E-state index in [1.165, 1.54) is 4.57 Å². The van der Waals surface area contributed by atoms with Crippen molar-refractivity contribution in [3.63, 3.8) is 0 Å². The second-order valence-corrected chi connectivity index (χ2v) is 7.59. The smallest absolute Gasteiger partial charge is 0.296 e. The van der Waals surface area contributed by atoms with E-state index in [1.54, 1.807) is 0 Å². The van der Waals surface area contributed by atoms with Gasteiger partial charge in [-0.15, -0.1) is 10.2 Å². The lowest BCUT2D eigenvalue weighted by molar-refractivity contribution is 0.357. The van der Waals surface area contributed by atoms with Gasteiger partial charge >= 0.3 is 0 Å². The molecule has 0 N–H and O–H groups in total. The van der Waals surface area contributed by atoms with E-state index in [9.17, 15) is 8.42 Å². The van der Waals surface area contributed by atoms with Crippen molar-refractivity contribution >= 4 is 19.7 Å². The highest BCUT2D eigenvalue weighted by Gasteiger charge is 2.25. The second kappa shape index (κ2) is 4.99. The molecule has 1 aliphatic heterocycles. The average molecular weight is 328 g/mol. The predicted molar refractivity (Wildman–Crippen MR) is 78.1 cm³/mol. The molecule has 0 saturated heterocycles. The summed E-state index contributed by atoms with van der Waals surface area (Å²) in [6.07, 6.45) is 0.833. The van der Waals surface area contributed by atoms with Crippen LogP contribution in [0.4, 0.5) is 0 Å².